The van der Waals surface area contributed by atoms with E-state index in [4.69, 9.17) is 44.1 Å². The molecule has 2 aliphatic heterocycles. The van der Waals surface area contributed by atoms with Crippen LogP contribution in [0.3, 0.4) is 0 Å². The van der Waals surface area contributed by atoms with Crippen molar-refractivity contribution in [3.05, 3.63) is 216 Å². The van der Waals surface area contributed by atoms with E-state index in [1.54, 1.807) is 115 Å². The quantitative estimate of drug-likeness (QED) is 0.0419. The summed E-state index contributed by atoms with van der Waals surface area (Å²) in [6.45, 7) is 15.7. The second-order valence-electron chi connectivity index (χ2n) is 32.0. The number of fused-ring (bicyclic) bond motifs is 14. The third-order valence-corrected chi connectivity index (χ3v) is 24.0. The number of piperidine rings is 1. The number of halogens is 2. The van der Waals surface area contributed by atoms with Gasteiger partial charge >= 0.3 is 24.0 Å². The average molecular weight is 1690 g/mol. The molecule has 2 bridgehead atoms. The fourth-order valence-electron chi connectivity index (χ4n) is 17.3. The van der Waals surface area contributed by atoms with Gasteiger partial charge in [-0.25, -0.2) is 48.7 Å². The molecule has 1 spiro atoms. The molecule has 35 heteroatoms. The molecule has 1 unspecified atom stereocenters. The number of H-pyrrole nitrogens is 2. The van der Waals surface area contributed by atoms with Crippen LogP contribution in [-0.2, 0) is 12.8 Å². The Morgan fingerprint density at radius 2 is 0.921 bits per heavy atom. The topological polar surface area (TPSA) is 400 Å². The van der Waals surface area contributed by atoms with Gasteiger partial charge in [0.05, 0.1) is 118 Å². The first-order chi connectivity index (χ1) is 61.2. The minimum atomic E-state index is -0.285. The lowest BCUT2D eigenvalue weighted by Gasteiger charge is -2.31. The highest BCUT2D eigenvalue weighted by Gasteiger charge is 2.54. The molecular weight excluding hydrogens is 1610 g/mol. The highest BCUT2D eigenvalue weighted by atomic mass is 19.1. The summed E-state index contributed by atoms with van der Waals surface area (Å²) in [5, 5.41) is 15.9. The summed E-state index contributed by atoms with van der Waals surface area (Å²) in [5.41, 5.74) is 22.6. The summed E-state index contributed by atoms with van der Waals surface area (Å²) in [5.74, 6) is 8.08. The molecule has 2 saturated heterocycles. The van der Waals surface area contributed by atoms with E-state index in [-0.39, 0.29) is 47.1 Å². The molecule has 12 aromatic heterocycles. The van der Waals surface area contributed by atoms with Crippen LogP contribution >= 0.6 is 0 Å². The lowest BCUT2D eigenvalue weighted by Crippen LogP contribution is -2.35. The van der Waals surface area contributed by atoms with Gasteiger partial charge in [-0.15, -0.1) is 0 Å². The van der Waals surface area contributed by atoms with E-state index in [1.807, 2.05) is 83.4 Å². The number of hydrogen-bond donors (Lipinski definition) is 7. The predicted molar refractivity (Wildman–Crippen MR) is 472 cm³/mol. The van der Waals surface area contributed by atoms with Crippen molar-refractivity contribution < 1.29 is 37.2 Å². The predicted octanol–water partition coefficient (Wildman–Crippen LogP) is 16.5. The normalized spacial score (nSPS) is 16.2. The number of nitrogens with zero attached hydrogens (tertiary/aromatic N) is 20. The maximum Gasteiger partial charge on any atom is 0.326 e. The van der Waals surface area contributed by atoms with E-state index in [0.717, 1.165) is 139 Å². The van der Waals surface area contributed by atoms with Crippen molar-refractivity contribution in [1.29, 1.82) is 0 Å². The molecule has 22 rings (SSSR count). The van der Waals surface area contributed by atoms with Crippen LogP contribution in [0.5, 0.6) is 70.3 Å². The largest absolute Gasteiger partial charge is 0.435 e. The molecule has 0 amide bonds. The van der Waals surface area contributed by atoms with Gasteiger partial charge in [-0.3, -0.25) is 9.97 Å². The smallest absolute Gasteiger partial charge is 0.326 e. The van der Waals surface area contributed by atoms with Crippen LogP contribution in [-0.4, -0.2) is 160 Å². The van der Waals surface area contributed by atoms with Crippen LogP contribution in [0.1, 0.15) is 89.4 Å². The first kappa shape index (κ1) is 80.6. The van der Waals surface area contributed by atoms with Crippen LogP contribution in [0.2, 0.25) is 0 Å². The van der Waals surface area contributed by atoms with E-state index < -0.39 is 0 Å². The molecular formula is C91H87F2N27O6. The lowest BCUT2D eigenvalue weighted by molar-refractivity contribution is 0.402. The first-order valence-electron chi connectivity index (χ1n) is 41.3. The van der Waals surface area contributed by atoms with Gasteiger partial charge in [-0.05, 0) is 161 Å². The monoisotopic (exact) mass is 1690 g/mol. The third kappa shape index (κ3) is 15.6. The van der Waals surface area contributed by atoms with Gasteiger partial charge in [0.25, 0.3) is 0 Å². The zero-order valence-corrected chi connectivity index (χ0v) is 70.8. The lowest BCUT2D eigenvalue weighted by atomic mass is 9.97. The summed E-state index contributed by atoms with van der Waals surface area (Å²) >= 11 is 0. The molecule has 4 aliphatic carbocycles. The zero-order valence-electron chi connectivity index (χ0n) is 70.8. The Hall–Kier alpha value is -15.2. The van der Waals surface area contributed by atoms with Crippen LogP contribution in [0.25, 0.3) is 66.1 Å². The zero-order chi connectivity index (χ0) is 86.8. The number of nitrogens with one attached hydrogen (secondary N) is 6. The number of benzene rings is 4. The third-order valence-electron chi connectivity index (χ3n) is 24.0. The average Bonchev–Trinajstić information content (AvgIpc) is 1.56. The van der Waals surface area contributed by atoms with E-state index in [1.165, 1.54) is 18.5 Å². The fourth-order valence-corrected chi connectivity index (χ4v) is 17.3. The Balaban J connectivity index is 0.000000110. The number of ether oxygens (including phenoxy) is 6. The maximum absolute atomic E-state index is 14.9. The second-order valence-corrected chi connectivity index (χ2v) is 32.0. The van der Waals surface area contributed by atoms with Crippen molar-refractivity contribution in [2.24, 2.45) is 23.0 Å². The van der Waals surface area contributed by atoms with Crippen molar-refractivity contribution in [3.8, 4) is 92.6 Å². The van der Waals surface area contributed by atoms with Crippen molar-refractivity contribution >= 4 is 78.3 Å². The number of aromatic nitrogens is 20. The minimum absolute atomic E-state index is 0.0771. The van der Waals surface area contributed by atoms with E-state index >= 15 is 0 Å². The number of aryl methyl sites for hydroxylation is 6. The highest BCUT2D eigenvalue weighted by molar-refractivity contribution is 6.17. The molecule has 4 aromatic carbocycles. The highest BCUT2D eigenvalue weighted by Crippen LogP contribution is 2.55. The summed E-state index contributed by atoms with van der Waals surface area (Å²) in [4.78, 5) is 90.2. The summed E-state index contributed by atoms with van der Waals surface area (Å²) < 4.78 is 65.5. The molecule has 33 nitrogen and oxygen atoms in total. The molecule has 6 aliphatic rings. The number of anilines is 6. The van der Waals surface area contributed by atoms with Crippen LogP contribution < -0.4 is 65.2 Å². The molecule has 16 aromatic rings. The first-order valence-corrected chi connectivity index (χ1v) is 41.3. The van der Waals surface area contributed by atoms with Gasteiger partial charge in [-0.1, -0.05) is 31.2 Å². The molecule has 2 saturated carbocycles. The van der Waals surface area contributed by atoms with E-state index in [0.29, 0.717) is 141 Å². The summed E-state index contributed by atoms with van der Waals surface area (Å²) in [7, 11) is 7.36. The molecule has 0 radical (unpaired) electrons. The molecule has 636 valence electrons. The summed E-state index contributed by atoms with van der Waals surface area (Å²) in [6, 6.07) is 23.8. The van der Waals surface area contributed by atoms with E-state index in [9.17, 15) is 8.78 Å². The fraction of sp³-hybridized carbons (Fsp3) is 0.275. The Labute approximate surface area is 720 Å². The van der Waals surface area contributed by atoms with Gasteiger partial charge < -0.3 is 75.2 Å². The molecule has 4 atom stereocenters. The van der Waals surface area contributed by atoms with Crippen molar-refractivity contribution in [2.45, 2.75) is 99.1 Å². The standard InChI is InChI=1S/C24H26FN7O.C23H25FN8O.C23H20N6O2.C21H16N6O2/c1-11-5-15-6-14(11)10-32(15)23-20-19-12(2)17(25)7-18(26-4)21(19)29-22(20)30-24(31-23)33-16-8-27-13(3)28-9-16;1-11-14(24)6-15(26-3)19-17(11)18-20(29-19)30-22(33-13-7-27-12(2)28-8-13)31-21(18)32-9-16(25)23(10-32)4-5-23;1-13-7-8-15(10-25-13)31-23-28-20-9-18-17(5-4-6-19(18)24-3)21(20)22(29-23)30-16-11-26-14(2)27-12-16;1-22-17-6-2-5-15-16(17)8-18-19(15)20(28-14-10-24-12-25-11-14)27-21(26-18)29-13-4-3-7-23-9-13/h7-9,11,14-15,26H,5-6,10H2,1-4H3,(H,29,30,31);6-8,16,26H,4-5,9-10,25H2,1-3H3,(H,29,30,31);4-8,10-12,24H,9H2,1-3H3;2-7,9-12,22H,8H2,1H3/t11-,14?,15+;16-;;/m10../s1. The number of hydrogen-bond acceptors (Lipinski definition) is 31. The van der Waals surface area contributed by atoms with Crippen molar-refractivity contribution in [1.82, 2.24) is 99.7 Å². The SMILES string of the molecule is CNc1cc(F)c(C)c2c1[nH]c1nc(Oc3cnc(C)nc3)nc(N3CC4C[C@@H]3C[C@H]4C)c12.CNc1cc(F)c(C)c2c1[nH]c1nc(Oc3cnc(C)nc3)nc(N3C[C@H](N)C4(CC4)C3)c12.CNc1cccc2c1Cc1nc(Oc3ccc(C)nc3)nc(Oc3cnc(C)nc3)c1-2.CNc1cccc2c1Cc1nc(Oc3cccnc3)nc(Oc3cncnc3)c1-2. The van der Waals surface area contributed by atoms with Crippen LogP contribution in [0.15, 0.2) is 147 Å². The van der Waals surface area contributed by atoms with Crippen LogP contribution in [0, 0.1) is 70.4 Å². The Morgan fingerprint density at radius 3 is 1.37 bits per heavy atom. The molecule has 126 heavy (non-hydrogen) atoms. The summed E-state index contributed by atoms with van der Waals surface area (Å²) in [6.07, 6.45) is 25.0. The van der Waals surface area contributed by atoms with Gasteiger partial charge in [0, 0.05) is 112 Å². The van der Waals surface area contributed by atoms with Gasteiger partial charge in [0.15, 0.2) is 23.0 Å². The Kier molecular flexibility index (Phi) is 21.3. The molecule has 14 heterocycles. The Morgan fingerprint density at radius 1 is 0.460 bits per heavy atom. The molecule has 4 fully saturated rings. The van der Waals surface area contributed by atoms with Gasteiger partial charge in [0.1, 0.15) is 69.9 Å². The number of rotatable bonds is 18. The van der Waals surface area contributed by atoms with Gasteiger partial charge in [-0.2, -0.15) is 39.9 Å². The number of pyridine rings is 2. The second kappa shape index (κ2) is 33.2. The number of nitrogens with two attached hydrogens (primary N) is 1. The van der Waals surface area contributed by atoms with E-state index in [2.05, 4.69) is 128 Å². The maximum atomic E-state index is 14.9. The minimum Gasteiger partial charge on any atom is -0.435 e. The van der Waals surface area contributed by atoms with Gasteiger partial charge in [0.2, 0.25) is 11.8 Å². The van der Waals surface area contributed by atoms with Crippen molar-refractivity contribution in [2.75, 3.05) is 78.9 Å². The van der Waals surface area contributed by atoms with Crippen LogP contribution in [0.4, 0.5) is 43.2 Å². The Bertz CT molecular complexity index is 6840. The molecule has 8 N–H and O–H groups in total. The van der Waals surface area contributed by atoms with Crippen molar-refractivity contribution in [3.63, 3.8) is 0 Å². The number of aromatic amines is 2.